The smallest absolute Gasteiger partial charge is 0.191 e. The lowest BCUT2D eigenvalue weighted by atomic mass is 10.2. The van der Waals surface area contributed by atoms with Crippen LogP contribution in [0, 0.1) is 0 Å². The molecule has 0 unspecified atom stereocenters. The van der Waals surface area contributed by atoms with Crippen molar-refractivity contribution in [3.63, 3.8) is 0 Å². The number of ether oxygens (including phenoxy) is 1. The maximum Gasteiger partial charge on any atom is 0.191 e. The summed E-state index contributed by atoms with van der Waals surface area (Å²) >= 11 is 0. The van der Waals surface area contributed by atoms with E-state index in [4.69, 9.17) is 4.74 Å². The first kappa shape index (κ1) is 21.7. The molecule has 3 aromatic rings. The number of aliphatic imine (C=N–C) groups is 1. The number of hydrogen-bond acceptors (Lipinski definition) is 4. The summed E-state index contributed by atoms with van der Waals surface area (Å²) in [5, 5.41) is 10.8. The van der Waals surface area contributed by atoms with Gasteiger partial charge in [0.2, 0.25) is 0 Å². The van der Waals surface area contributed by atoms with Gasteiger partial charge in [0.05, 0.1) is 12.3 Å². The van der Waals surface area contributed by atoms with Crippen molar-refractivity contribution in [1.29, 1.82) is 0 Å². The summed E-state index contributed by atoms with van der Waals surface area (Å²) in [6.45, 7) is 3.94. The molecule has 2 N–H and O–H groups in total. The zero-order valence-corrected chi connectivity index (χ0v) is 18.3. The Balaban J connectivity index is 0.00000280. The molecule has 0 atom stereocenters. The second kappa shape index (κ2) is 11.3. The van der Waals surface area contributed by atoms with Gasteiger partial charge in [-0.2, -0.15) is 5.10 Å². The third kappa shape index (κ3) is 5.95. The quantitative estimate of drug-likeness (QED) is 0.301. The van der Waals surface area contributed by atoms with Crippen molar-refractivity contribution in [2.24, 2.45) is 4.99 Å². The zero-order valence-electron chi connectivity index (χ0n) is 16.0. The predicted molar refractivity (Wildman–Crippen MR) is 121 cm³/mol. The minimum atomic E-state index is 0. The van der Waals surface area contributed by atoms with Crippen LogP contribution in [0.25, 0.3) is 5.69 Å². The van der Waals surface area contributed by atoms with Crippen molar-refractivity contribution in [2.45, 2.75) is 20.0 Å². The average Bonchev–Trinajstić information content (AvgIpc) is 3.25. The Morgan fingerprint density at radius 1 is 1.07 bits per heavy atom. The SMILES string of the molecule is CCOc1ccccc1CNC(=NC)NCc1ccc(-n2cncn2)cc1.I. The lowest BCUT2D eigenvalue weighted by Gasteiger charge is -2.14. The fourth-order valence-electron chi connectivity index (χ4n) is 2.64. The molecule has 8 heteroatoms. The summed E-state index contributed by atoms with van der Waals surface area (Å²) in [6.07, 6.45) is 3.20. The van der Waals surface area contributed by atoms with E-state index in [0.717, 1.165) is 28.5 Å². The molecule has 148 valence electrons. The molecule has 0 radical (unpaired) electrons. The Bertz CT molecular complexity index is 865. The molecule has 0 saturated heterocycles. The van der Waals surface area contributed by atoms with E-state index in [2.05, 4.69) is 37.8 Å². The number of benzene rings is 2. The predicted octanol–water partition coefficient (Wildman–Crippen LogP) is 3.15. The Hall–Kier alpha value is -2.62. The third-order valence-corrected chi connectivity index (χ3v) is 4.02. The van der Waals surface area contributed by atoms with Crippen molar-refractivity contribution < 1.29 is 4.74 Å². The van der Waals surface area contributed by atoms with Crippen LogP contribution >= 0.6 is 24.0 Å². The summed E-state index contributed by atoms with van der Waals surface area (Å²) < 4.78 is 7.39. The second-order valence-electron chi connectivity index (χ2n) is 5.83. The maximum atomic E-state index is 5.66. The van der Waals surface area contributed by atoms with Gasteiger partial charge in [0.1, 0.15) is 18.4 Å². The number of halogens is 1. The molecule has 1 aromatic heterocycles. The molecule has 28 heavy (non-hydrogen) atoms. The van der Waals surface area contributed by atoms with E-state index in [0.29, 0.717) is 19.7 Å². The number of guanidine groups is 1. The van der Waals surface area contributed by atoms with Gasteiger partial charge in [0.25, 0.3) is 0 Å². The number of hydrogen-bond donors (Lipinski definition) is 2. The topological polar surface area (TPSA) is 76.4 Å². The molecule has 0 aliphatic heterocycles. The first-order chi connectivity index (χ1) is 13.3. The molecule has 0 aliphatic rings. The molecule has 0 aliphatic carbocycles. The van der Waals surface area contributed by atoms with E-state index >= 15 is 0 Å². The monoisotopic (exact) mass is 492 g/mol. The van der Waals surface area contributed by atoms with E-state index in [1.165, 1.54) is 6.33 Å². The zero-order chi connectivity index (χ0) is 18.9. The van der Waals surface area contributed by atoms with Gasteiger partial charge in [-0.15, -0.1) is 24.0 Å². The van der Waals surface area contributed by atoms with Crippen LogP contribution in [0.15, 0.2) is 66.2 Å². The van der Waals surface area contributed by atoms with Gasteiger partial charge >= 0.3 is 0 Å². The van der Waals surface area contributed by atoms with Crippen molar-refractivity contribution >= 4 is 29.9 Å². The Morgan fingerprint density at radius 3 is 2.50 bits per heavy atom. The molecule has 0 spiro atoms. The maximum absolute atomic E-state index is 5.66. The van der Waals surface area contributed by atoms with Gasteiger partial charge in [0.15, 0.2) is 5.96 Å². The minimum Gasteiger partial charge on any atom is -0.494 e. The van der Waals surface area contributed by atoms with Crippen molar-refractivity contribution in [1.82, 2.24) is 25.4 Å². The average molecular weight is 492 g/mol. The lowest BCUT2D eigenvalue weighted by Crippen LogP contribution is -2.36. The van der Waals surface area contributed by atoms with Crippen LogP contribution in [0.5, 0.6) is 5.75 Å². The van der Waals surface area contributed by atoms with Gasteiger partial charge in [-0.25, -0.2) is 9.67 Å². The number of nitrogens with zero attached hydrogens (tertiary/aromatic N) is 4. The Kier molecular flexibility index (Phi) is 8.73. The second-order valence-corrected chi connectivity index (χ2v) is 5.83. The number of rotatable bonds is 7. The van der Waals surface area contributed by atoms with Crippen molar-refractivity contribution in [3.05, 3.63) is 72.3 Å². The lowest BCUT2D eigenvalue weighted by molar-refractivity contribution is 0.336. The Morgan fingerprint density at radius 2 is 1.82 bits per heavy atom. The fourth-order valence-corrected chi connectivity index (χ4v) is 2.64. The van der Waals surface area contributed by atoms with Gasteiger partial charge in [0, 0.05) is 25.7 Å². The Labute approximate surface area is 182 Å². The normalized spacial score (nSPS) is 10.9. The van der Waals surface area contributed by atoms with Crippen LogP contribution in [-0.2, 0) is 13.1 Å². The molecule has 2 aromatic carbocycles. The van der Waals surface area contributed by atoms with Crippen LogP contribution < -0.4 is 15.4 Å². The molecule has 0 saturated carbocycles. The van der Waals surface area contributed by atoms with Crippen molar-refractivity contribution in [2.75, 3.05) is 13.7 Å². The summed E-state index contributed by atoms with van der Waals surface area (Å²) in [7, 11) is 1.76. The van der Waals surface area contributed by atoms with Crippen LogP contribution in [0.2, 0.25) is 0 Å². The highest BCUT2D eigenvalue weighted by molar-refractivity contribution is 14.0. The minimum absolute atomic E-state index is 0. The highest BCUT2D eigenvalue weighted by Crippen LogP contribution is 2.17. The van der Waals surface area contributed by atoms with E-state index in [9.17, 15) is 0 Å². The van der Waals surface area contributed by atoms with Crippen LogP contribution in [-0.4, -0.2) is 34.4 Å². The van der Waals surface area contributed by atoms with Gasteiger partial charge in [-0.05, 0) is 30.7 Å². The highest BCUT2D eigenvalue weighted by atomic mass is 127. The summed E-state index contributed by atoms with van der Waals surface area (Å²) in [5.74, 6) is 1.63. The fraction of sp³-hybridized carbons (Fsp3) is 0.250. The van der Waals surface area contributed by atoms with E-state index < -0.39 is 0 Å². The number of nitrogens with one attached hydrogen (secondary N) is 2. The highest BCUT2D eigenvalue weighted by Gasteiger charge is 2.04. The summed E-state index contributed by atoms with van der Waals surface area (Å²) in [4.78, 5) is 8.24. The molecular formula is C20H25IN6O. The first-order valence-electron chi connectivity index (χ1n) is 8.89. The first-order valence-corrected chi connectivity index (χ1v) is 8.89. The molecule has 1 heterocycles. The molecular weight excluding hydrogens is 467 g/mol. The van der Waals surface area contributed by atoms with E-state index in [-0.39, 0.29) is 24.0 Å². The standard InChI is InChI=1S/C20H24N6O.HI/c1-3-27-19-7-5-4-6-17(19)13-24-20(21-2)23-12-16-8-10-18(11-9-16)26-15-22-14-25-26;/h4-11,14-15H,3,12-13H2,1-2H3,(H2,21,23,24);1H. The number of para-hydroxylation sites is 1. The molecule has 7 nitrogen and oxygen atoms in total. The molecule has 3 rings (SSSR count). The van der Waals surface area contributed by atoms with E-state index in [1.54, 1.807) is 18.1 Å². The third-order valence-electron chi connectivity index (χ3n) is 4.02. The van der Waals surface area contributed by atoms with Gasteiger partial charge in [-0.1, -0.05) is 30.3 Å². The van der Waals surface area contributed by atoms with Crippen LogP contribution in [0.1, 0.15) is 18.1 Å². The largest absolute Gasteiger partial charge is 0.494 e. The summed E-state index contributed by atoms with van der Waals surface area (Å²) in [5.41, 5.74) is 3.22. The van der Waals surface area contributed by atoms with Gasteiger partial charge in [-0.3, -0.25) is 4.99 Å². The van der Waals surface area contributed by atoms with Gasteiger partial charge < -0.3 is 15.4 Å². The number of aromatic nitrogens is 3. The van der Waals surface area contributed by atoms with Crippen molar-refractivity contribution in [3.8, 4) is 11.4 Å². The molecule has 0 amide bonds. The van der Waals surface area contributed by atoms with E-state index in [1.807, 2.05) is 43.3 Å². The molecule has 0 fully saturated rings. The summed E-state index contributed by atoms with van der Waals surface area (Å²) in [6, 6.07) is 16.2. The molecule has 0 bridgehead atoms. The van der Waals surface area contributed by atoms with Crippen LogP contribution in [0.4, 0.5) is 0 Å². The van der Waals surface area contributed by atoms with Crippen LogP contribution in [0.3, 0.4) is 0 Å².